The summed E-state index contributed by atoms with van der Waals surface area (Å²) in [7, 11) is -1.72. The van der Waals surface area contributed by atoms with Gasteiger partial charge in [-0.05, 0) is 89.5 Å². The average molecular weight is 566 g/mol. The Kier molecular flexibility index (Phi) is 7.79. The molecule has 3 aliphatic rings. The highest BCUT2D eigenvalue weighted by atomic mass is 16.5. The molecule has 2 fully saturated rings. The monoisotopic (exact) mass is 566 g/mol. The number of ether oxygens (including phenoxy) is 1. The van der Waals surface area contributed by atoms with Gasteiger partial charge in [-0.25, -0.2) is 0 Å². The second kappa shape index (κ2) is 11.7. The predicted octanol–water partition coefficient (Wildman–Crippen LogP) is 2.30. The highest BCUT2D eigenvalue weighted by molar-refractivity contribution is 6.58. The van der Waals surface area contributed by atoms with Crippen molar-refractivity contribution in [1.29, 1.82) is 0 Å². The van der Waals surface area contributed by atoms with Crippen LogP contribution in [0.4, 0.5) is 5.69 Å². The molecule has 3 heterocycles. The Morgan fingerprint density at radius 1 is 1.02 bits per heavy atom. The van der Waals surface area contributed by atoms with E-state index in [4.69, 9.17) is 4.74 Å². The van der Waals surface area contributed by atoms with Gasteiger partial charge in [0.2, 0.25) is 11.8 Å². The van der Waals surface area contributed by atoms with Crippen LogP contribution >= 0.6 is 0 Å². The number of fused-ring (bicyclic) bond motifs is 3. The number of amides is 2. The third-order valence-corrected chi connectivity index (χ3v) is 8.53. The van der Waals surface area contributed by atoms with Crippen LogP contribution in [0.3, 0.4) is 0 Å². The van der Waals surface area contributed by atoms with Crippen LogP contribution in [-0.2, 0) is 14.3 Å². The number of phenolic OH excluding ortho intramolecular Hbond substituents is 1. The molecule has 2 saturated heterocycles. The predicted molar refractivity (Wildman–Crippen MR) is 157 cm³/mol. The first kappa shape index (κ1) is 28.1. The van der Waals surface area contributed by atoms with E-state index in [0.717, 1.165) is 32.9 Å². The first-order valence-corrected chi connectivity index (χ1v) is 14.0. The zero-order valence-electron chi connectivity index (χ0n) is 22.8. The molecule has 3 aromatic rings. The summed E-state index contributed by atoms with van der Waals surface area (Å²) in [5.41, 5.74) is 4.86. The highest BCUT2D eigenvalue weighted by Crippen LogP contribution is 2.50. The Morgan fingerprint density at radius 2 is 1.83 bits per heavy atom. The van der Waals surface area contributed by atoms with Crippen molar-refractivity contribution in [3.63, 3.8) is 0 Å². The normalized spacial score (nSPS) is 23.8. The van der Waals surface area contributed by atoms with Gasteiger partial charge in [-0.3, -0.25) is 19.5 Å². The van der Waals surface area contributed by atoms with Crippen LogP contribution in [0.2, 0.25) is 0 Å². The molecule has 0 bridgehead atoms. The summed E-state index contributed by atoms with van der Waals surface area (Å²) in [5, 5.41) is 39.2. The summed E-state index contributed by atoms with van der Waals surface area (Å²) in [4.78, 5) is 33.0. The van der Waals surface area contributed by atoms with Gasteiger partial charge in [0.15, 0.2) is 0 Å². The number of benzene rings is 2. The number of allylic oxidation sites excluding steroid dienone is 1. The molecule has 42 heavy (non-hydrogen) atoms. The van der Waals surface area contributed by atoms with Crippen LogP contribution in [0.5, 0.6) is 5.75 Å². The van der Waals surface area contributed by atoms with Crippen molar-refractivity contribution in [2.75, 3.05) is 18.1 Å². The van der Waals surface area contributed by atoms with E-state index in [1.807, 2.05) is 36.4 Å². The first-order chi connectivity index (χ1) is 20.4. The van der Waals surface area contributed by atoms with Crippen molar-refractivity contribution in [2.45, 2.75) is 25.4 Å². The fourth-order valence-corrected chi connectivity index (χ4v) is 6.58. The van der Waals surface area contributed by atoms with Crippen LogP contribution in [0.25, 0.3) is 11.6 Å². The van der Waals surface area contributed by atoms with Crippen LogP contribution in [0.1, 0.15) is 30.5 Å². The lowest BCUT2D eigenvalue weighted by atomic mass is 9.69. The third-order valence-electron chi connectivity index (χ3n) is 8.53. The first-order valence-electron chi connectivity index (χ1n) is 14.0. The van der Waals surface area contributed by atoms with Crippen molar-refractivity contribution in [2.24, 2.45) is 17.8 Å². The molecule has 0 spiro atoms. The minimum absolute atomic E-state index is 0.186. The van der Waals surface area contributed by atoms with Gasteiger partial charge < -0.3 is 25.0 Å². The van der Waals surface area contributed by atoms with Gasteiger partial charge in [0.05, 0.1) is 42.5 Å². The van der Waals surface area contributed by atoms with Crippen molar-refractivity contribution in [3.05, 3.63) is 95.3 Å². The fourth-order valence-electron chi connectivity index (χ4n) is 6.58. The number of phenols is 1. The summed E-state index contributed by atoms with van der Waals surface area (Å²) in [6.45, 7) is 0.0482. The molecule has 0 unspecified atom stereocenters. The Hall–Kier alpha value is -4.09. The van der Waals surface area contributed by atoms with Crippen molar-refractivity contribution in [1.82, 2.24) is 4.98 Å². The van der Waals surface area contributed by atoms with Crippen LogP contribution in [0.15, 0.2) is 84.1 Å². The number of aromatic nitrogens is 1. The Balaban J connectivity index is 1.26. The van der Waals surface area contributed by atoms with Crippen molar-refractivity contribution < 1.29 is 34.6 Å². The number of aliphatic hydroxyl groups excluding tert-OH is 1. The molecular formula is C32H31BN2O7. The number of carbonyl (C=O) groups is 2. The zero-order valence-corrected chi connectivity index (χ0v) is 22.8. The average Bonchev–Trinajstić information content (AvgIpc) is 3.54. The molecule has 0 radical (unpaired) electrons. The van der Waals surface area contributed by atoms with Crippen molar-refractivity contribution in [3.8, 4) is 5.75 Å². The van der Waals surface area contributed by atoms with E-state index in [9.17, 15) is 29.9 Å². The fraction of sp³-hybridized carbons (Fsp3) is 0.281. The zero-order chi connectivity index (χ0) is 29.4. The van der Waals surface area contributed by atoms with Crippen LogP contribution in [-0.4, -0.2) is 63.5 Å². The molecule has 214 valence electrons. The maximum Gasteiger partial charge on any atom is 0.488 e. The Labute approximate surface area is 243 Å². The molecular weight excluding hydrogens is 535 g/mol. The number of carbonyl (C=O) groups excluding carboxylic acids is 2. The molecule has 0 saturated carbocycles. The summed E-state index contributed by atoms with van der Waals surface area (Å²) in [5.74, 6) is -2.05. The standard InChI is InChI=1S/C32H31BN2O7/c36-17-21-15-25-30(32(39)35(31(25)38)23-5-3-4-22(16-23)33(40)41)26-18-42-28(29(21)26)12-9-20(27-6-1-2-13-34-27)14-19-7-10-24(37)11-8-19/h1-8,10-11,13-14,16,25-26,28,30,36-37,40-41H,9,12,15,17-18H2/b20-14-/t25-,26+,28-,30-/m1/s1. The van der Waals surface area contributed by atoms with E-state index in [-0.39, 0.29) is 54.7 Å². The Bertz CT molecular complexity index is 1550. The minimum Gasteiger partial charge on any atom is -0.508 e. The van der Waals surface area contributed by atoms with Crippen LogP contribution in [0, 0.1) is 17.8 Å². The maximum atomic E-state index is 13.8. The number of aliphatic hydroxyl groups is 1. The molecule has 4 atom stereocenters. The smallest absolute Gasteiger partial charge is 0.488 e. The Morgan fingerprint density at radius 3 is 2.55 bits per heavy atom. The van der Waals surface area contributed by atoms with Gasteiger partial charge in [0, 0.05) is 12.1 Å². The number of pyridine rings is 1. The van der Waals surface area contributed by atoms with E-state index in [1.54, 1.807) is 30.5 Å². The largest absolute Gasteiger partial charge is 0.508 e. The lowest BCUT2D eigenvalue weighted by molar-refractivity contribution is -0.122. The lowest BCUT2D eigenvalue weighted by Crippen LogP contribution is -2.35. The van der Waals surface area contributed by atoms with Gasteiger partial charge in [-0.15, -0.1) is 0 Å². The molecule has 2 amide bonds. The molecule has 4 N–H and O–H groups in total. The molecule has 10 heteroatoms. The second-order valence-corrected chi connectivity index (χ2v) is 11.0. The second-order valence-electron chi connectivity index (χ2n) is 11.0. The molecule has 9 nitrogen and oxygen atoms in total. The summed E-state index contributed by atoms with van der Waals surface area (Å²) < 4.78 is 6.27. The number of anilines is 1. The van der Waals surface area contributed by atoms with Gasteiger partial charge in [0.1, 0.15) is 5.75 Å². The van der Waals surface area contributed by atoms with Gasteiger partial charge in [0.25, 0.3) is 0 Å². The minimum atomic E-state index is -1.72. The number of rotatable bonds is 8. The molecule has 2 aromatic carbocycles. The van der Waals surface area contributed by atoms with E-state index in [1.165, 1.54) is 12.1 Å². The summed E-state index contributed by atoms with van der Waals surface area (Å²) in [6.07, 6.45) is 4.92. The number of hydrogen-bond acceptors (Lipinski definition) is 8. The van der Waals surface area contributed by atoms with E-state index >= 15 is 0 Å². The molecule has 1 aromatic heterocycles. The number of imide groups is 1. The maximum absolute atomic E-state index is 13.8. The number of hydrogen-bond donors (Lipinski definition) is 4. The third kappa shape index (κ3) is 5.18. The van der Waals surface area contributed by atoms with E-state index in [0.29, 0.717) is 18.5 Å². The van der Waals surface area contributed by atoms with Gasteiger partial charge >= 0.3 is 7.12 Å². The number of aromatic hydroxyl groups is 1. The van der Waals surface area contributed by atoms with Gasteiger partial charge in [-0.2, -0.15) is 0 Å². The SMILES string of the molecule is O=C1[C@@H]2[C@@H](CC(CO)=C3[C@@H](CC/C(=C/c4ccc(O)cc4)c4ccccn4)OC[C@@H]32)C(=O)N1c1cccc(B(O)O)c1. The highest BCUT2D eigenvalue weighted by Gasteiger charge is 2.57. The molecule has 6 rings (SSSR count). The van der Waals surface area contributed by atoms with Crippen molar-refractivity contribution >= 4 is 41.7 Å². The van der Waals surface area contributed by atoms with E-state index in [2.05, 4.69) is 4.98 Å². The number of nitrogens with zero attached hydrogens (tertiary/aromatic N) is 2. The summed E-state index contributed by atoms with van der Waals surface area (Å²) in [6, 6.07) is 18.8. The molecule has 1 aliphatic carbocycles. The topological polar surface area (TPSA) is 140 Å². The summed E-state index contributed by atoms with van der Waals surface area (Å²) >= 11 is 0. The lowest BCUT2D eigenvalue weighted by Gasteiger charge is -2.31. The molecule has 2 aliphatic heterocycles. The van der Waals surface area contributed by atoms with Gasteiger partial charge in [-0.1, -0.05) is 30.3 Å². The quantitative estimate of drug-likeness (QED) is 0.185. The van der Waals surface area contributed by atoms with Crippen LogP contribution < -0.4 is 10.4 Å². The van der Waals surface area contributed by atoms with E-state index < -0.39 is 19.0 Å².